The molecule has 0 unspecified atom stereocenters. The second-order valence-electron chi connectivity index (χ2n) is 8.32. The lowest BCUT2D eigenvalue weighted by atomic mass is 10.0. The summed E-state index contributed by atoms with van der Waals surface area (Å²) in [4.78, 5) is 21.8. The Morgan fingerprint density at radius 1 is 1.00 bits per heavy atom. The van der Waals surface area contributed by atoms with Crippen molar-refractivity contribution in [1.82, 2.24) is 15.2 Å². The molecule has 1 aromatic carbocycles. The summed E-state index contributed by atoms with van der Waals surface area (Å²) in [6.45, 7) is 5.29. The fourth-order valence-corrected chi connectivity index (χ4v) is 4.37. The maximum absolute atomic E-state index is 12.4. The van der Waals surface area contributed by atoms with Crippen LogP contribution in [-0.4, -0.2) is 48.0 Å². The van der Waals surface area contributed by atoms with Crippen molar-refractivity contribution in [2.24, 2.45) is 0 Å². The smallest absolute Gasteiger partial charge is 0.220 e. The lowest BCUT2D eigenvalue weighted by Gasteiger charge is -2.32. The number of carbonyl (C=O) groups excluding carboxylic acids is 1. The number of nitrogens with one attached hydrogen (secondary N) is 1. The lowest BCUT2D eigenvalue weighted by Crippen LogP contribution is -2.44. The number of amides is 1. The molecule has 1 aromatic heterocycles. The normalized spacial score (nSPS) is 18.1. The Balaban J connectivity index is 1.18. The van der Waals surface area contributed by atoms with Crippen molar-refractivity contribution < 1.29 is 4.79 Å². The summed E-state index contributed by atoms with van der Waals surface area (Å²) in [6.07, 6.45) is 7.77. The molecule has 2 aliphatic heterocycles. The van der Waals surface area contributed by atoms with E-state index in [9.17, 15) is 4.79 Å². The van der Waals surface area contributed by atoms with Crippen LogP contribution in [0, 0.1) is 0 Å². The molecule has 1 amide bonds. The fraction of sp³-hybridized carbons (Fsp3) is 0.500. The van der Waals surface area contributed by atoms with E-state index in [1.165, 1.54) is 24.0 Å². The minimum atomic E-state index is 0.172. The highest BCUT2D eigenvalue weighted by Gasteiger charge is 2.20. The van der Waals surface area contributed by atoms with E-state index < -0.39 is 0 Å². The molecule has 0 radical (unpaired) electrons. The van der Waals surface area contributed by atoms with Crippen LogP contribution in [0.5, 0.6) is 0 Å². The molecule has 3 heterocycles. The van der Waals surface area contributed by atoms with Crippen LogP contribution < -0.4 is 10.2 Å². The number of piperidine rings is 1. The molecule has 0 atom stereocenters. The van der Waals surface area contributed by atoms with Crippen molar-refractivity contribution in [2.75, 3.05) is 31.1 Å². The van der Waals surface area contributed by atoms with E-state index in [-0.39, 0.29) is 5.91 Å². The van der Waals surface area contributed by atoms with Gasteiger partial charge in [-0.1, -0.05) is 30.3 Å². The number of benzene rings is 1. The van der Waals surface area contributed by atoms with Crippen molar-refractivity contribution in [3.63, 3.8) is 0 Å². The molecule has 29 heavy (non-hydrogen) atoms. The fourth-order valence-electron chi connectivity index (χ4n) is 4.37. The maximum Gasteiger partial charge on any atom is 0.220 e. The molecular weight excluding hydrogens is 360 g/mol. The minimum absolute atomic E-state index is 0.172. The molecule has 0 bridgehead atoms. The molecule has 2 saturated heterocycles. The van der Waals surface area contributed by atoms with Crippen molar-refractivity contribution in [2.45, 2.75) is 51.1 Å². The molecule has 2 fully saturated rings. The van der Waals surface area contributed by atoms with E-state index >= 15 is 0 Å². The monoisotopic (exact) mass is 392 g/mol. The van der Waals surface area contributed by atoms with Crippen molar-refractivity contribution in [3.05, 3.63) is 59.8 Å². The molecule has 154 valence electrons. The summed E-state index contributed by atoms with van der Waals surface area (Å²) >= 11 is 0. The van der Waals surface area contributed by atoms with Crippen LogP contribution in [0.1, 0.15) is 43.2 Å². The third kappa shape index (κ3) is 5.80. The second-order valence-corrected chi connectivity index (χ2v) is 8.32. The van der Waals surface area contributed by atoms with Gasteiger partial charge in [-0.2, -0.15) is 0 Å². The van der Waals surface area contributed by atoms with Crippen molar-refractivity contribution in [1.29, 1.82) is 0 Å². The Kier molecular flexibility index (Phi) is 6.78. The zero-order valence-electron chi connectivity index (χ0n) is 17.2. The molecule has 0 aliphatic carbocycles. The van der Waals surface area contributed by atoms with E-state index in [1.54, 1.807) is 0 Å². The van der Waals surface area contributed by atoms with E-state index in [1.807, 2.05) is 12.3 Å². The highest BCUT2D eigenvalue weighted by atomic mass is 16.1. The highest BCUT2D eigenvalue weighted by molar-refractivity contribution is 5.76. The molecule has 1 N–H and O–H groups in total. The number of aromatic nitrogens is 1. The van der Waals surface area contributed by atoms with Crippen LogP contribution in [0.3, 0.4) is 0 Å². The predicted octanol–water partition coefficient (Wildman–Crippen LogP) is 3.40. The molecule has 0 saturated carbocycles. The second kappa shape index (κ2) is 9.88. The Labute approximate surface area is 174 Å². The summed E-state index contributed by atoms with van der Waals surface area (Å²) in [5.74, 6) is 1.23. The largest absolute Gasteiger partial charge is 0.357 e. The van der Waals surface area contributed by atoms with Gasteiger partial charge in [-0.25, -0.2) is 4.98 Å². The molecular formula is C24H32N4O. The number of hydrogen-bond acceptors (Lipinski definition) is 4. The van der Waals surface area contributed by atoms with Gasteiger partial charge in [0, 0.05) is 51.4 Å². The van der Waals surface area contributed by atoms with E-state index in [0.29, 0.717) is 12.5 Å². The Morgan fingerprint density at radius 3 is 2.52 bits per heavy atom. The molecule has 0 spiro atoms. The number of pyridine rings is 1. The first-order chi connectivity index (χ1) is 14.3. The topological polar surface area (TPSA) is 48.5 Å². The van der Waals surface area contributed by atoms with Crippen LogP contribution >= 0.6 is 0 Å². The van der Waals surface area contributed by atoms with Gasteiger partial charge in [0.15, 0.2) is 0 Å². The summed E-state index contributed by atoms with van der Waals surface area (Å²) in [7, 11) is 0. The predicted molar refractivity (Wildman–Crippen MR) is 117 cm³/mol. The number of hydrogen-bond donors (Lipinski definition) is 1. The van der Waals surface area contributed by atoms with Crippen molar-refractivity contribution >= 4 is 11.7 Å². The van der Waals surface area contributed by atoms with Crippen LogP contribution in [0.2, 0.25) is 0 Å². The number of rotatable bonds is 7. The molecule has 2 aliphatic rings. The molecule has 5 heteroatoms. The average molecular weight is 393 g/mol. The summed E-state index contributed by atoms with van der Waals surface area (Å²) in [6, 6.07) is 15.1. The van der Waals surface area contributed by atoms with Gasteiger partial charge in [-0.3, -0.25) is 9.69 Å². The standard InChI is InChI=1S/C24H32N4O/c29-24(9-8-20-10-13-25-23(18-20)28-14-4-5-15-28)26-22-11-16-27(17-12-22)19-21-6-2-1-3-7-21/h1-3,6-7,10,13,18,22H,4-5,8-9,11-12,14-17,19H2,(H,26,29). The number of carbonyl (C=O) groups is 1. The lowest BCUT2D eigenvalue weighted by molar-refractivity contribution is -0.122. The van der Waals surface area contributed by atoms with Gasteiger partial charge in [0.1, 0.15) is 5.82 Å². The average Bonchev–Trinajstić information content (AvgIpc) is 3.30. The maximum atomic E-state index is 12.4. The van der Waals surface area contributed by atoms with E-state index in [2.05, 4.69) is 56.5 Å². The van der Waals surface area contributed by atoms with Crippen LogP contribution in [0.4, 0.5) is 5.82 Å². The Hall–Kier alpha value is -2.40. The van der Waals surface area contributed by atoms with E-state index in [4.69, 9.17) is 0 Å². The SMILES string of the molecule is O=C(CCc1ccnc(N2CCCC2)c1)NC1CCN(Cc2ccccc2)CC1. The first-order valence-electron chi connectivity index (χ1n) is 11.0. The molecule has 4 rings (SSSR count). The van der Waals surface area contributed by atoms with Gasteiger partial charge in [-0.15, -0.1) is 0 Å². The molecule has 2 aromatic rings. The Morgan fingerprint density at radius 2 is 1.76 bits per heavy atom. The third-order valence-electron chi connectivity index (χ3n) is 6.08. The summed E-state index contributed by atoms with van der Waals surface area (Å²) in [5.41, 5.74) is 2.57. The number of likely N-dealkylation sites (tertiary alicyclic amines) is 1. The first kappa shape index (κ1) is 19.9. The zero-order chi connectivity index (χ0) is 19.9. The summed E-state index contributed by atoms with van der Waals surface area (Å²) < 4.78 is 0. The first-order valence-corrected chi connectivity index (χ1v) is 11.0. The third-order valence-corrected chi connectivity index (χ3v) is 6.08. The van der Waals surface area contributed by atoms with Gasteiger partial charge in [0.2, 0.25) is 5.91 Å². The van der Waals surface area contributed by atoms with Crippen LogP contribution in [0.15, 0.2) is 48.7 Å². The van der Waals surface area contributed by atoms with E-state index in [0.717, 1.165) is 57.8 Å². The minimum Gasteiger partial charge on any atom is -0.357 e. The van der Waals surface area contributed by atoms with Gasteiger partial charge < -0.3 is 10.2 Å². The quantitative estimate of drug-likeness (QED) is 0.785. The Bertz CT molecular complexity index is 780. The zero-order valence-corrected chi connectivity index (χ0v) is 17.2. The van der Waals surface area contributed by atoms with Gasteiger partial charge >= 0.3 is 0 Å². The van der Waals surface area contributed by atoms with Crippen LogP contribution in [0.25, 0.3) is 0 Å². The van der Waals surface area contributed by atoms with Crippen molar-refractivity contribution in [3.8, 4) is 0 Å². The number of nitrogens with zero attached hydrogens (tertiary/aromatic N) is 3. The summed E-state index contributed by atoms with van der Waals surface area (Å²) in [5, 5.41) is 3.25. The van der Waals surface area contributed by atoms with Crippen LogP contribution in [-0.2, 0) is 17.8 Å². The molecule has 5 nitrogen and oxygen atoms in total. The van der Waals surface area contributed by atoms with Gasteiger partial charge in [0.05, 0.1) is 0 Å². The number of anilines is 1. The van der Waals surface area contributed by atoms with Gasteiger partial charge in [-0.05, 0) is 55.4 Å². The number of aryl methyl sites for hydroxylation is 1. The highest BCUT2D eigenvalue weighted by Crippen LogP contribution is 2.19. The van der Waals surface area contributed by atoms with Gasteiger partial charge in [0.25, 0.3) is 0 Å².